The summed E-state index contributed by atoms with van der Waals surface area (Å²) >= 11 is 0. The number of aryl methyl sites for hydroxylation is 1. The predicted octanol–water partition coefficient (Wildman–Crippen LogP) is 3.79. The second kappa shape index (κ2) is 6.49. The highest BCUT2D eigenvalue weighted by molar-refractivity contribution is 5.66. The Morgan fingerprint density at radius 3 is 2.62 bits per heavy atom. The lowest BCUT2D eigenvalue weighted by Gasteiger charge is -2.08. The summed E-state index contributed by atoms with van der Waals surface area (Å²) in [6.07, 6.45) is 3.41. The zero-order chi connectivity index (χ0) is 12.0. The summed E-state index contributed by atoms with van der Waals surface area (Å²) in [4.78, 5) is 0. The lowest BCUT2D eigenvalue weighted by Crippen LogP contribution is -2.23. The average Bonchev–Trinajstić information content (AvgIpc) is 2.24. The van der Waals surface area contributed by atoms with Crippen LogP contribution in [-0.2, 0) is 0 Å². The third-order valence-electron chi connectivity index (χ3n) is 2.72. The van der Waals surface area contributed by atoms with Gasteiger partial charge in [0.1, 0.15) is 0 Å². The molecule has 0 aliphatic carbocycles. The van der Waals surface area contributed by atoms with Crippen LogP contribution in [0, 0.1) is 6.92 Å². The van der Waals surface area contributed by atoms with Crippen molar-refractivity contribution in [2.45, 2.75) is 40.2 Å². The highest BCUT2D eigenvalue weighted by Gasteiger charge is 1.98. The van der Waals surface area contributed by atoms with Crippen molar-refractivity contribution in [3.05, 3.63) is 41.5 Å². The van der Waals surface area contributed by atoms with Crippen molar-refractivity contribution in [2.24, 2.45) is 0 Å². The van der Waals surface area contributed by atoms with Crippen LogP contribution in [0.3, 0.4) is 0 Å². The summed E-state index contributed by atoms with van der Waals surface area (Å²) in [6.45, 7) is 9.77. The Kier molecular flexibility index (Phi) is 5.27. The van der Waals surface area contributed by atoms with Crippen LogP contribution in [0.2, 0.25) is 0 Å². The molecular formula is C15H23N. The fraction of sp³-hybridized carbons (Fsp3) is 0.467. The molecule has 0 aromatic heterocycles. The summed E-state index contributed by atoms with van der Waals surface area (Å²) in [5.41, 5.74) is 4.10. The molecule has 0 amide bonds. The number of hydrogen-bond donors (Lipinski definition) is 1. The monoisotopic (exact) mass is 217 g/mol. The van der Waals surface area contributed by atoms with Crippen LogP contribution in [0.4, 0.5) is 0 Å². The SMILES string of the molecule is CC(=CCCNC(C)C)c1ccccc1C. The topological polar surface area (TPSA) is 12.0 Å². The molecule has 88 valence electrons. The molecular weight excluding hydrogens is 194 g/mol. The van der Waals surface area contributed by atoms with Gasteiger partial charge >= 0.3 is 0 Å². The van der Waals surface area contributed by atoms with Gasteiger partial charge in [-0.05, 0) is 43.5 Å². The van der Waals surface area contributed by atoms with Gasteiger partial charge in [-0.25, -0.2) is 0 Å². The van der Waals surface area contributed by atoms with Gasteiger partial charge in [-0.3, -0.25) is 0 Å². The maximum atomic E-state index is 3.42. The lowest BCUT2D eigenvalue weighted by molar-refractivity contribution is 0.595. The van der Waals surface area contributed by atoms with E-state index in [2.05, 4.69) is 63.4 Å². The van der Waals surface area contributed by atoms with E-state index in [1.54, 1.807) is 0 Å². The molecule has 16 heavy (non-hydrogen) atoms. The van der Waals surface area contributed by atoms with Crippen LogP contribution in [0.1, 0.15) is 38.3 Å². The Bertz CT molecular complexity index is 350. The molecule has 1 nitrogen and oxygen atoms in total. The fourth-order valence-electron chi connectivity index (χ4n) is 1.79. The molecule has 0 unspecified atom stereocenters. The Labute approximate surface area is 99.6 Å². The zero-order valence-electron chi connectivity index (χ0n) is 10.9. The molecule has 0 heterocycles. The minimum atomic E-state index is 0.576. The van der Waals surface area contributed by atoms with Gasteiger partial charge in [0.15, 0.2) is 0 Å². The normalized spacial score (nSPS) is 12.2. The molecule has 0 radical (unpaired) electrons. The van der Waals surface area contributed by atoms with E-state index in [-0.39, 0.29) is 0 Å². The number of nitrogens with one attached hydrogen (secondary N) is 1. The molecule has 0 atom stereocenters. The number of allylic oxidation sites excluding steroid dienone is 1. The van der Waals surface area contributed by atoms with E-state index in [9.17, 15) is 0 Å². The largest absolute Gasteiger partial charge is 0.314 e. The van der Waals surface area contributed by atoms with Crippen LogP contribution in [0.15, 0.2) is 30.3 Å². The molecule has 0 bridgehead atoms. The van der Waals surface area contributed by atoms with E-state index in [0.717, 1.165) is 13.0 Å². The molecule has 0 saturated heterocycles. The number of benzene rings is 1. The predicted molar refractivity (Wildman–Crippen MR) is 72.6 cm³/mol. The molecule has 0 aliphatic heterocycles. The first-order chi connectivity index (χ1) is 7.61. The molecule has 0 aliphatic rings. The van der Waals surface area contributed by atoms with Gasteiger partial charge in [-0.15, -0.1) is 0 Å². The van der Waals surface area contributed by atoms with E-state index >= 15 is 0 Å². The maximum absolute atomic E-state index is 3.42. The van der Waals surface area contributed by atoms with Crippen molar-refractivity contribution >= 4 is 5.57 Å². The zero-order valence-corrected chi connectivity index (χ0v) is 10.9. The van der Waals surface area contributed by atoms with Crippen LogP contribution in [0.5, 0.6) is 0 Å². The van der Waals surface area contributed by atoms with Crippen molar-refractivity contribution in [1.82, 2.24) is 5.32 Å². The second-order valence-corrected chi connectivity index (χ2v) is 4.60. The molecule has 1 heteroatoms. The Morgan fingerprint density at radius 2 is 2.00 bits per heavy atom. The van der Waals surface area contributed by atoms with Gasteiger partial charge in [-0.2, -0.15) is 0 Å². The van der Waals surface area contributed by atoms with Crippen molar-refractivity contribution in [3.8, 4) is 0 Å². The first-order valence-electron chi connectivity index (χ1n) is 6.07. The summed E-state index contributed by atoms with van der Waals surface area (Å²) in [6, 6.07) is 9.13. The van der Waals surface area contributed by atoms with Gasteiger partial charge in [-0.1, -0.05) is 44.2 Å². The molecule has 0 saturated carbocycles. The van der Waals surface area contributed by atoms with Gasteiger partial charge in [0.2, 0.25) is 0 Å². The van der Waals surface area contributed by atoms with Crippen LogP contribution < -0.4 is 5.32 Å². The van der Waals surface area contributed by atoms with Gasteiger partial charge in [0, 0.05) is 6.04 Å². The van der Waals surface area contributed by atoms with Crippen molar-refractivity contribution in [3.63, 3.8) is 0 Å². The van der Waals surface area contributed by atoms with E-state index in [0.29, 0.717) is 6.04 Å². The van der Waals surface area contributed by atoms with E-state index in [4.69, 9.17) is 0 Å². The smallest absolute Gasteiger partial charge is 0.00105 e. The third kappa shape index (κ3) is 4.19. The van der Waals surface area contributed by atoms with Gasteiger partial charge in [0.05, 0.1) is 0 Å². The standard InChI is InChI=1S/C15H23N/c1-12(2)16-11-7-9-14(4)15-10-6-5-8-13(15)3/h5-6,8-10,12,16H,7,11H2,1-4H3. The molecule has 1 aromatic carbocycles. The summed E-state index contributed by atoms with van der Waals surface area (Å²) in [5.74, 6) is 0. The molecule has 1 rings (SSSR count). The maximum Gasteiger partial charge on any atom is 0.00105 e. The van der Waals surface area contributed by atoms with Crippen molar-refractivity contribution in [2.75, 3.05) is 6.54 Å². The summed E-state index contributed by atoms with van der Waals surface area (Å²) in [7, 11) is 0. The van der Waals surface area contributed by atoms with E-state index in [1.807, 2.05) is 0 Å². The highest BCUT2D eigenvalue weighted by atomic mass is 14.9. The lowest BCUT2D eigenvalue weighted by atomic mass is 10.0. The van der Waals surface area contributed by atoms with Crippen molar-refractivity contribution in [1.29, 1.82) is 0 Å². The van der Waals surface area contributed by atoms with E-state index < -0.39 is 0 Å². The fourth-order valence-corrected chi connectivity index (χ4v) is 1.79. The second-order valence-electron chi connectivity index (χ2n) is 4.60. The molecule has 1 aromatic rings. The molecule has 0 spiro atoms. The minimum absolute atomic E-state index is 0.576. The Balaban J connectivity index is 2.54. The third-order valence-corrected chi connectivity index (χ3v) is 2.72. The van der Waals surface area contributed by atoms with Crippen LogP contribution >= 0.6 is 0 Å². The van der Waals surface area contributed by atoms with E-state index in [1.165, 1.54) is 16.7 Å². The first kappa shape index (κ1) is 13.0. The highest BCUT2D eigenvalue weighted by Crippen LogP contribution is 2.17. The Morgan fingerprint density at radius 1 is 1.31 bits per heavy atom. The summed E-state index contributed by atoms with van der Waals surface area (Å²) < 4.78 is 0. The number of rotatable bonds is 5. The minimum Gasteiger partial charge on any atom is -0.314 e. The van der Waals surface area contributed by atoms with Gasteiger partial charge in [0.25, 0.3) is 0 Å². The molecule has 0 fully saturated rings. The quantitative estimate of drug-likeness (QED) is 0.740. The average molecular weight is 217 g/mol. The first-order valence-corrected chi connectivity index (χ1v) is 6.07. The van der Waals surface area contributed by atoms with Crippen LogP contribution in [0.25, 0.3) is 5.57 Å². The molecule has 1 N–H and O–H groups in total. The number of hydrogen-bond acceptors (Lipinski definition) is 1. The van der Waals surface area contributed by atoms with Crippen molar-refractivity contribution < 1.29 is 0 Å². The Hall–Kier alpha value is -1.08. The van der Waals surface area contributed by atoms with Crippen LogP contribution in [-0.4, -0.2) is 12.6 Å². The summed E-state index contributed by atoms with van der Waals surface area (Å²) in [5, 5.41) is 3.42. The van der Waals surface area contributed by atoms with Gasteiger partial charge < -0.3 is 5.32 Å².